The summed E-state index contributed by atoms with van der Waals surface area (Å²) in [5.41, 5.74) is 4.85. The molecule has 2 aromatic carbocycles. The third kappa shape index (κ3) is 3.53. The summed E-state index contributed by atoms with van der Waals surface area (Å²) in [7, 11) is 0. The van der Waals surface area contributed by atoms with Crippen LogP contribution in [0.15, 0.2) is 79.1 Å². The lowest BCUT2D eigenvalue weighted by atomic mass is 10.0. The first-order valence-electron chi connectivity index (χ1n) is 10.3. The van der Waals surface area contributed by atoms with Crippen LogP contribution in [0.4, 0.5) is 5.95 Å². The lowest BCUT2D eigenvalue weighted by Gasteiger charge is -2.12. The Kier molecular flexibility index (Phi) is 4.88. The zero-order chi connectivity index (χ0) is 21.2. The van der Waals surface area contributed by atoms with Gasteiger partial charge in [0.15, 0.2) is 0 Å². The molecule has 5 rings (SSSR count). The van der Waals surface area contributed by atoms with E-state index in [1.54, 1.807) is 12.4 Å². The van der Waals surface area contributed by atoms with E-state index in [1.807, 2.05) is 66.7 Å². The maximum atomic E-state index is 13.4. The molecule has 152 valence electrons. The first kappa shape index (κ1) is 18.9. The first-order valence-corrected chi connectivity index (χ1v) is 10.3. The van der Waals surface area contributed by atoms with Crippen molar-refractivity contribution in [3.05, 3.63) is 84.7 Å². The van der Waals surface area contributed by atoms with E-state index in [9.17, 15) is 4.79 Å². The summed E-state index contributed by atoms with van der Waals surface area (Å²) in [6.07, 6.45) is 4.38. The monoisotopic (exact) mass is 407 g/mol. The predicted octanol–water partition coefficient (Wildman–Crippen LogP) is 5.31. The highest BCUT2D eigenvalue weighted by atomic mass is 16.1. The number of carbonyl (C=O) groups excluding carboxylic acids is 1. The average Bonchev–Trinajstić information content (AvgIpc) is 3.16. The van der Waals surface area contributed by atoms with Crippen molar-refractivity contribution in [1.29, 1.82) is 0 Å². The van der Waals surface area contributed by atoms with Gasteiger partial charge in [0, 0.05) is 29.9 Å². The fourth-order valence-corrected chi connectivity index (χ4v) is 3.82. The smallest absolute Gasteiger partial charge is 0.258 e. The molecule has 6 heteroatoms. The molecule has 1 amide bonds. The molecule has 6 nitrogen and oxygen atoms in total. The first-order chi connectivity index (χ1) is 15.2. The van der Waals surface area contributed by atoms with Gasteiger partial charge in [-0.05, 0) is 42.8 Å². The van der Waals surface area contributed by atoms with Gasteiger partial charge in [0.1, 0.15) is 0 Å². The molecule has 0 saturated heterocycles. The minimum atomic E-state index is -0.207. The number of nitrogens with one attached hydrogen (secondary N) is 1. The van der Waals surface area contributed by atoms with Crippen molar-refractivity contribution in [2.24, 2.45) is 0 Å². The van der Waals surface area contributed by atoms with E-state index >= 15 is 0 Å². The molecule has 0 unspecified atom stereocenters. The number of benzene rings is 2. The second-order valence-corrected chi connectivity index (χ2v) is 7.34. The minimum Gasteiger partial charge on any atom is -0.310 e. The Hall–Kier alpha value is -4.06. The number of hydrogen-bond acceptors (Lipinski definition) is 4. The number of pyridine rings is 2. The average molecular weight is 407 g/mol. The predicted molar refractivity (Wildman–Crippen MR) is 123 cm³/mol. The maximum Gasteiger partial charge on any atom is 0.258 e. The molecule has 0 fully saturated rings. The van der Waals surface area contributed by atoms with Crippen LogP contribution in [0.2, 0.25) is 0 Å². The molecule has 0 saturated carbocycles. The number of fused-ring (bicyclic) bond motifs is 2. The molecule has 0 aliphatic carbocycles. The number of nitrogens with zero attached hydrogens (tertiary/aromatic N) is 4. The highest BCUT2D eigenvalue weighted by molar-refractivity contribution is 6.13. The Morgan fingerprint density at radius 2 is 1.68 bits per heavy atom. The normalized spacial score (nSPS) is 11.1. The van der Waals surface area contributed by atoms with E-state index in [2.05, 4.69) is 26.8 Å². The lowest BCUT2D eigenvalue weighted by Crippen LogP contribution is -2.17. The van der Waals surface area contributed by atoms with Gasteiger partial charge in [-0.25, -0.2) is 9.97 Å². The van der Waals surface area contributed by atoms with Crippen molar-refractivity contribution in [2.75, 3.05) is 5.32 Å². The third-order valence-corrected chi connectivity index (χ3v) is 5.26. The molecular weight excluding hydrogens is 386 g/mol. The second-order valence-electron chi connectivity index (χ2n) is 7.34. The molecule has 0 aliphatic heterocycles. The molecule has 31 heavy (non-hydrogen) atoms. The molecule has 0 aliphatic rings. The van der Waals surface area contributed by atoms with Crippen LogP contribution in [0.25, 0.3) is 33.2 Å². The zero-order valence-corrected chi connectivity index (χ0v) is 17.1. The van der Waals surface area contributed by atoms with E-state index in [4.69, 9.17) is 4.98 Å². The number of imidazole rings is 1. The Morgan fingerprint density at radius 3 is 2.48 bits per heavy atom. The molecule has 3 heterocycles. The lowest BCUT2D eigenvalue weighted by molar-refractivity contribution is 0.102. The van der Waals surface area contributed by atoms with Gasteiger partial charge in [0.2, 0.25) is 5.95 Å². The fourth-order valence-electron chi connectivity index (χ4n) is 3.82. The molecule has 0 atom stereocenters. The number of para-hydroxylation sites is 3. The van der Waals surface area contributed by atoms with Crippen LogP contribution < -0.4 is 5.32 Å². The minimum absolute atomic E-state index is 0.207. The van der Waals surface area contributed by atoms with Gasteiger partial charge in [0.05, 0.1) is 27.8 Å². The van der Waals surface area contributed by atoms with Crippen molar-refractivity contribution in [1.82, 2.24) is 19.5 Å². The Bertz CT molecular complexity index is 1390. The van der Waals surface area contributed by atoms with Crippen LogP contribution in [-0.4, -0.2) is 25.4 Å². The van der Waals surface area contributed by atoms with E-state index in [0.717, 1.165) is 46.2 Å². The number of hydrogen-bond donors (Lipinski definition) is 1. The Labute approximate surface area is 179 Å². The quantitative estimate of drug-likeness (QED) is 0.429. The van der Waals surface area contributed by atoms with E-state index < -0.39 is 0 Å². The topological polar surface area (TPSA) is 72.7 Å². The van der Waals surface area contributed by atoms with Gasteiger partial charge >= 0.3 is 0 Å². The van der Waals surface area contributed by atoms with Crippen LogP contribution in [0, 0.1) is 0 Å². The van der Waals surface area contributed by atoms with E-state index in [0.29, 0.717) is 11.5 Å². The molecule has 5 aromatic rings. The number of amides is 1. The van der Waals surface area contributed by atoms with Crippen LogP contribution in [0.5, 0.6) is 0 Å². The summed E-state index contributed by atoms with van der Waals surface area (Å²) in [5, 5.41) is 3.85. The van der Waals surface area contributed by atoms with Gasteiger partial charge < -0.3 is 4.57 Å². The second kappa shape index (κ2) is 7.99. The maximum absolute atomic E-state index is 13.4. The van der Waals surface area contributed by atoms with E-state index in [-0.39, 0.29) is 5.91 Å². The zero-order valence-electron chi connectivity index (χ0n) is 17.1. The molecule has 0 radical (unpaired) electrons. The third-order valence-electron chi connectivity index (χ3n) is 5.26. The summed E-state index contributed by atoms with van der Waals surface area (Å²) in [6.45, 7) is 2.88. The number of anilines is 1. The SMILES string of the molecule is CCCn1c(NC(=O)c2cc(-c3ccncc3)nc3ccccc23)nc2ccccc21. The number of aromatic nitrogens is 4. The fraction of sp³-hybridized carbons (Fsp3) is 0.120. The standard InChI is InChI=1S/C25H21N5O/c1-2-15-30-23-10-6-5-9-21(23)28-25(30)29-24(31)19-16-22(17-11-13-26-14-12-17)27-20-8-4-3-7-18(19)20/h3-14,16H,2,15H2,1H3,(H,28,29,31). The van der Waals surface area contributed by atoms with Gasteiger partial charge in [-0.1, -0.05) is 37.3 Å². The molecular formula is C25H21N5O. The summed E-state index contributed by atoms with van der Waals surface area (Å²) in [5.74, 6) is 0.348. The Balaban J connectivity index is 1.60. The van der Waals surface area contributed by atoms with Crippen molar-refractivity contribution >= 4 is 33.8 Å². The van der Waals surface area contributed by atoms with Crippen LogP contribution in [-0.2, 0) is 6.54 Å². The van der Waals surface area contributed by atoms with Gasteiger partial charge in [-0.3, -0.25) is 15.1 Å². The molecule has 3 aromatic heterocycles. The summed E-state index contributed by atoms with van der Waals surface area (Å²) in [6, 6.07) is 21.2. The Morgan fingerprint density at radius 1 is 0.935 bits per heavy atom. The van der Waals surface area contributed by atoms with Crippen LogP contribution in [0.3, 0.4) is 0 Å². The van der Waals surface area contributed by atoms with Crippen molar-refractivity contribution in [3.63, 3.8) is 0 Å². The molecule has 0 spiro atoms. The number of carbonyl (C=O) groups is 1. The van der Waals surface area contributed by atoms with Gasteiger partial charge in [-0.2, -0.15) is 0 Å². The van der Waals surface area contributed by atoms with Crippen molar-refractivity contribution < 1.29 is 4.79 Å². The van der Waals surface area contributed by atoms with Crippen LogP contribution in [0.1, 0.15) is 23.7 Å². The van der Waals surface area contributed by atoms with Crippen molar-refractivity contribution in [3.8, 4) is 11.3 Å². The van der Waals surface area contributed by atoms with E-state index in [1.165, 1.54) is 0 Å². The number of aryl methyl sites for hydroxylation is 1. The molecule has 0 bridgehead atoms. The van der Waals surface area contributed by atoms with Gasteiger partial charge in [-0.15, -0.1) is 0 Å². The summed E-state index contributed by atoms with van der Waals surface area (Å²) < 4.78 is 2.06. The highest BCUT2D eigenvalue weighted by Crippen LogP contribution is 2.26. The number of rotatable bonds is 5. The largest absolute Gasteiger partial charge is 0.310 e. The van der Waals surface area contributed by atoms with Gasteiger partial charge in [0.25, 0.3) is 5.91 Å². The molecule has 1 N–H and O–H groups in total. The van der Waals surface area contributed by atoms with Crippen molar-refractivity contribution in [2.45, 2.75) is 19.9 Å². The van der Waals surface area contributed by atoms with Crippen LogP contribution >= 0.6 is 0 Å². The summed E-state index contributed by atoms with van der Waals surface area (Å²) in [4.78, 5) is 26.9. The highest BCUT2D eigenvalue weighted by Gasteiger charge is 2.17. The summed E-state index contributed by atoms with van der Waals surface area (Å²) >= 11 is 0.